The van der Waals surface area contributed by atoms with Gasteiger partial charge in [-0.15, -0.1) is 5.10 Å². The summed E-state index contributed by atoms with van der Waals surface area (Å²) in [6.07, 6.45) is 0. The van der Waals surface area contributed by atoms with Gasteiger partial charge in [-0.1, -0.05) is 17.2 Å². The quantitative estimate of drug-likeness (QED) is 0.726. The van der Waals surface area contributed by atoms with E-state index in [9.17, 15) is 4.79 Å². The Labute approximate surface area is 103 Å². The number of nitrogen functional groups attached to an aromatic ring is 1. The first-order valence-corrected chi connectivity index (χ1v) is 5.16. The minimum atomic E-state index is -0.383. The second kappa shape index (κ2) is 5.13. The average Bonchev–Trinajstić information content (AvgIpc) is 2.74. The standard InChI is InChI=1S/C10H12N6O2/c1-16-14-10(13-15-16)12-9(17)6-18-8-5-3-2-4-7(8)11/h2-5H,6,11H2,1H3,(H,12,14,17). The molecule has 1 heterocycles. The molecule has 2 aromatic rings. The number of hydrogen-bond donors (Lipinski definition) is 2. The molecule has 0 unspecified atom stereocenters. The summed E-state index contributed by atoms with van der Waals surface area (Å²) in [6.45, 7) is -0.174. The molecule has 8 heteroatoms. The van der Waals surface area contributed by atoms with Crippen LogP contribution in [0.25, 0.3) is 0 Å². The van der Waals surface area contributed by atoms with Gasteiger partial charge in [0.05, 0.1) is 12.7 Å². The van der Waals surface area contributed by atoms with Gasteiger partial charge in [-0.05, 0) is 17.3 Å². The zero-order valence-electron chi connectivity index (χ0n) is 9.70. The van der Waals surface area contributed by atoms with Crippen LogP contribution in [0.15, 0.2) is 24.3 Å². The number of hydrogen-bond acceptors (Lipinski definition) is 6. The van der Waals surface area contributed by atoms with E-state index in [2.05, 4.69) is 20.7 Å². The number of para-hydroxylation sites is 2. The van der Waals surface area contributed by atoms with Gasteiger partial charge in [0.25, 0.3) is 11.9 Å². The van der Waals surface area contributed by atoms with Crippen molar-refractivity contribution in [2.24, 2.45) is 7.05 Å². The summed E-state index contributed by atoms with van der Waals surface area (Å²) in [5.74, 6) is 0.207. The number of benzene rings is 1. The molecule has 0 aliphatic heterocycles. The first-order chi connectivity index (χ1) is 8.65. The number of anilines is 2. The van der Waals surface area contributed by atoms with Crippen molar-refractivity contribution < 1.29 is 9.53 Å². The molecule has 0 fully saturated rings. The molecule has 0 bridgehead atoms. The van der Waals surface area contributed by atoms with Gasteiger partial charge in [-0.2, -0.15) is 4.80 Å². The Balaban J connectivity index is 1.87. The molecule has 8 nitrogen and oxygen atoms in total. The number of amides is 1. The second-order valence-electron chi connectivity index (χ2n) is 3.48. The molecule has 1 aromatic carbocycles. The van der Waals surface area contributed by atoms with E-state index in [1.54, 1.807) is 31.3 Å². The summed E-state index contributed by atoms with van der Waals surface area (Å²) >= 11 is 0. The molecule has 3 N–H and O–H groups in total. The van der Waals surface area contributed by atoms with E-state index in [1.165, 1.54) is 4.80 Å². The number of aromatic nitrogens is 4. The highest BCUT2D eigenvalue weighted by Crippen LogP contribution is 2.19. The topological polar surface area (TPSA) is 108 Å². The van der Waals surface area contributed by atoms with E-state index in [-0.39, 0.29) is 18.5 Å². The molecule has 1 aromatic heterocycles. The summed E-state index contributed by atoms with van der Waals surface area (Å²) in [7, 11) is 1.60. The number of ether oxygens (including phenoxy) is 1. The third-order valence-corrected chi connectivity index (χ3v) is 2.04. The first-order valence-electron chi connectivity index (χ1n) is 5.16. The lowest BCUT2D eigenvalue weighted by molar-refractivity contribution is -0.118. The minimum Gasteiger partial charge on any atom is -0.482 e. The van der Waals surface area contributed by atoms with Crippen molar-refractivity contribution in [3.05, 3.63) is 24.3 Å². The lowest BCUT2D eigenvalue weighted by Gasteiger charge is -2.07. The summed E-state index contributed by atoms with van der Waals surface area (Å²) in [6, 6.07) is 6.93. The van der Waals surface area contributed by atoms with Gasteiger partial charge in [0.1, 0.15) is 5.75 Å². The summed E-state index contributed by atoms with van der Waals surface area (Å²) in [4.78, 5) is 12.8. The molecule has 1 amide bonds. The third kappa shape index (κ3) is 2.94. The lowest BCUT2D eigenvalue weighted by Crippen LogP contribution is -2.21. The van der Waals surface area contributed by atoms with Crippen molar-refractivity contribution in [3.8, 4) is 5.75 Å². The van der Waals surface area contributed by atoms with Crippen LogP contribution in [0.3, 0.4) is 0 Å². The maximum absolute atomic E-state index is 11.5. The van der Waals surface area contributed by atoms with Crippen LogP contribution >= 0.6 is 0 Å². The highest BCUT2D eigenvalue weighted by Gasteiger charge is 2.08. The highest BCUT2D eigenvalue weighted by atomic mass is 16.5. The maximum Gasteiger partial charge on any atom is 0.270 e. The van der Waals surface area contributed by atoms with Gasteiger partial charge in [0.2, 0.25) is 0 Å². The van der Waals surface area contributed by atoms with Gasteiger partial charge in [-0.25, -0.2) is 0 Å². The molecule has 0 saturated carbocycles. The van der Waals surface area contributed by atoms with E-state index < -0.39 is 0 Å². The lowest BCUT2D eigenvalue weighted by atomic mass is 10.3. The van der Waals surface area contributed by atoms with E-state index in [0.717, 1.165) is 0 Å². The molecule has 94 valence electrons. The fourth-order valence-electron chi connectivity index (χ4n) is 1.25. The van der Waals surface area contributed by atoms with Gasteiger partial charge in [0, 0.05) is 0 Å². The summed E-state index contributed by atoms with van der Waals surface area (Å²) in [5, 5.41) is 13.4. The van der Waals surface area contributed by atoms with Crippen molar-refractivity contribution in [1.82, 2.24) is 20.2 Å². The molecule has 0 radical (unpaired) electrons. The van der Waals surface area contributed by atoms with Gasteiger partial charge in [-0.3, -0.25) is 10.1 Å². The monoisotopic (exact) mass is 248 g/mol. The number of nitrogens with two attached hydrogens (primary N) is 1. The van der Waals surface area contributed by atoms with Crippen LogP contribution in [-0.2, 0) is 11.8 Å². The Morgan fingerprint density at radius 3 is 2.94 bits per heavy atom. The normalized spacial score (nSPS) is 10.1. The first kappa shape index (κ1) is 11.8. The highest BCUT2D eigenvalue weighted by molar-refractivity contribution is 5.90. The number of nitrogens with zero attached hydrogens (tertiary/aromatic N) is 4. The van der Waals surface area contributed by atoms with E-state index in [4.69, 9.17) is 10.5 Å². The van der Waals surface area contributed by atoms with Crippen molar-refractivity contribution in [3.63, 3.8) is 0 Å². The molecule has 0 saturated heterocycles. The average molecular weight is 248 g/mol. The Kier molecular flexibility index (Phi) is 3.37. The molecule has 0 aliphatic carbocycles. The number of rotatable bonds is 4. The van der Waals surface area contributed by atoms with Crippen molar-refractivity contribution >= 4 is 17.5 Å². The van der Waals surface area contributed by atoms with Gasteiger partial charge in [0.15, 0.2) is 6.61 Å². The minimum absolute atomic E-state index is 0.132. The van der Waals surface area contributed by atoms with Gasteiger partial charge >= 0.3 is 0 Å². The molecule has 18 heavy (non-hydrogen) atoms. The predicted octanol–water partition coefficient (Wildman–Crippen LogP) is -0.190. The van der Waals surface area contributed by atoms with Crippen LogP contribution in [0.4, 0.5) is 11.6 Å². The zero-order valence-corrected chi connectivity index (χ0v) is 9.70. The summed E-state index contributed by atoms with van der Waals surface area (Å²) < 4.78 is 5.26. The van der Waals surface area contributed by atoms with Crippen molar-refractivity contribution in [2.75, 3.05) is 17.7 Å². The van der Waals surface area contributed by atoms with Crippen LogP contribution < -0.4 is 15.8 Å². The number of nitrogens with one attached hydrogen (secondary N) is 1. The molecule has 0 atom stereocenters. The third-order valence-electron chi connectivity index (χ3n) is 2.04. The number of carbonyl (C=O) groups excluding carboxylic acids is 1. The smallest absolute Gasteiger partial charge is 0.270 e. The largest absolute Gasteiger partial charge is 0.482 e. The van der Waals surface area contributed by atoms with Crippen LogP contribution in [0.2, 0.25) is 0 Å². The SMILES string of the molecule is Cn1nnc(NC(=O)COc2ccccc2N)n1. The number of tetrazole rings is 1. The Bertz CT molecular complexity index is 553. The molecule has 0 spiro atoms. The fraction of sp³-hybridized carbons (Fsp3) is 0.200. The van der Waals surface area contributed by atoms with E-state index >= 15 is 0 Å². The van der Waals surface area contributed by atoms with Gasteiger partial charge < -0.3 is 10.5 Å². The van der Waals surface area contributed by atoms with Crippen molar-refractivity contribution in [1.29, 1.82) is 0 Å². The van der Waals surface area contributed by atoms with E-state index in [0.29, 0.717) is 11.4 Å². The maximum atomic E-state index is 11.5. The molecular formula is C10H12N6O2. The second-order valence-corrected chi connectivity index (χ2v) is 3.48. The summed E-state index contributed by atoms with van der Waals surface area (Å²) in [5.41, 5.74) is 6.14. The predicted molar refractivity (Wildman–Crippen MR) is 63.8 cm³/mol. The van der Waals surface area contributed by atoms with Crippen LogP contribution in [0.5, 0.6) is 5.75 Å². The van der Waals surface area contributed by atoms with Crippen LogP contribution in [-0.4, -0.2) is 32.7 Å². The number of carbonyl (C=O) groups is 1. The molecular weight excluding hydrogens is 236 g/mol. The Morgan fingerprint density at radius 1 is 1.50 bits per heavy atom. The Hall–Kier alpha value is -2.64. The molecule has 0 aliphatic rings. The number of aryl methyl sites for hydroxylation is 1. The Morgan fingerprint density at radius 2 is 2.28 bits per heavy atom. The van der Waals surface area contributed by atoms with Crippen molar-refractivity contribution in [2.45, 2.75) is 0 Å². The fourth-order valence-corrected chi connectivity index (χ4v) is 1.25. The van der Waals surface area contributed by atoms with E-state index in [1.807, 2.05) is 0 Å². The molecule has 2 rings (SSSR count). The van der Waals surface area contributed by atoms with Crippen LogP contribution in [0, 0.1) is 0 Å². The van der Waals surface area contributed by atoms with Crippen LogP contribution in [0.1, 0.15) is 0 Å². The zero-order chi connectivity index (χ0) is 13.0.